The molecule has 1 heterocycles. The van der Waals surface area contributed by atoms with Gasteiger partial charge in [-0.3, -0.25) is 14.6 Å². The van der Waals surface area contributed by atoms with Crippen LogP contribution in [0.25, 0.3) is 0 Å². The minimum absolute atomic E-state index is 0.00850. The summed E-state index contributed by atoms with van der Waals surface area (Å²) in [6.45, 7) is 4.13. The molecule has 0 spiro atoms. The fourth-order valence-corrected chi connectivity index (χ4v) is 1.15. The van der Waals surface area contributed by atoms with E-state index in [2.05, 4.69) is 15.6 Å². The molecule has 0 aromatic carbocycles. The number of nitrogens with one attached hydrogen (secondary N) is 2. The third-order valence-corrected chi connectivity index (χ3v) is 2.40. The topological polar surface area (TPSA) is 71.1 Å². The van der Waals surface area contributed by atoms with Crippen LogP contribution in [0.3, 0.4) is 0 Å². The van der Waals surface area contributed by atoms with Crippen LogP contribution in [0.2, 0.25) is 0 Å². The molecule has 0 saturated heterocycles. The number of hydrogen-bond acceptors (Lipinski definition) is 3. The van der Waals surface area contributed by atoms with Crippen LogP contribution in [0, 0.1) is 0 Å². The van der Waals surface area contributed by atoms with E-state index in [0.717, 1.165) is 12.0 Å². The number of amides is 2. The van der Waals surface area contributed by atoms with Crippen LogP contribution in [-0.4, -0.2) is 22.8 Å². The first kappa shape index (κ1) is 13.2. The van der Waals surface area contributed by atoms with Gasteiger partial charge in [-0.15, -0.1) is 0 Å². The number of rotatable bonds is 4. The highest BCUT2D eigenvalue weighted by Crippen LogP contribution is 1.94. The predicted octanol–water partition coefficient (Wildman–Crippen LogP) is 0.612. The molecule has 17 heavy (non-hydrogen) atoms. The lowest BCUT2D eigenvalue weighted by Crippen LogP contribution is -2.43. The van der Waals surface area contributed by atoms with Gasteiger partial charge in [0.1, 0.15) is 0 Å². The van der Waals surface area contributed by atoms with Crippen LogP contribution in [0.15, 0.2) is 24.5 Å². The lowest BCUT2D eigenvalue weighted by molar-refractivity contribution is -0.139. The van der Waals surface area contributed by atoms with Crippen LogP contribution < -0.4 is 10.6 Å². The SMILES string of the molecule is CC[C@H](C)NC(=O)C(=O)NCc1ccncc1. The molecule has 0 saturated carbocycles. The van der Waals surface area contributed by atoms with Crippen molar-refractivity contribution in [1.82, 2.24) is 15.6 Å². The smallest absolute Gasteiger partial charge is 0.309 e. The second kappa shape index (κ2) is 6.62. The van der Waals surface area contributed by atoms with Crippen molar-refractivity contribution in [1.29, 1.82) is 0 Å². The van der Waals surface area contributed by atoms with E-state index in [1.54, 1.807) is 24.5 Å². The maximum Gasteiger partial charge on any atom is 0.309 e. The average Bonchev–Trinajstić information content (AvgIpc) is 2.36. The Kier molecular flexibility index (Phi) is 5.13. The fourth-order valence-electron chi connectivity index (χ4n) is 1.15. The Labute approximate surface area is 101 Å². The second-order valence-corrected chi connectivity index (χ2v) is 3.82. The molecule has 1 rings (SSSR count). The predicted molar refractivity (Wildman–Crippen MR) is 64.0 cm³/mol. The Morgan fingerprint density at radius 2 is 1.94 bits per heavy atom. The number of carbonyl (C=O) groups excluding carboxylic acids is 2. The van der Waals surface area contributed by atoms with Crippen molar-refractivity contribution in [3.05, 3.63) is 30.1 Å². The van der Waals surface area contributed by atoms with Gasteiger partial charge in [-0.05, 0) is 31.0 Å². The van der Waals surface area contributed by atoms with Crippen LogP contribution >= 0.6 is 0 Å². The monoisotopic (exact) mass is 235 g/mol. The van der Waals surface area contributed by atoms with Gasteiger partial charge in [0.25, 0.3) is 0 Å². The summed E-state index contributed by atoms with van der Waals surface area (Å²) in [5.41, 5.74) is 0.907. The molecule has 5 nitrogen and oxygen atoms in total. The molecule has 2 N–H and O–H groups in total. The maximum absolute atomic E-state index is 11.4. The first-order chi connectivity index (χ1) is 8.13. The molecule has 0 aliphatic rings. The van der Waals surface area contributed by atoms with Gasteiger partial charge in [0.2, 0.25) is 0 Å². The summed E-state index contributed by atoms with van der Waals surface area (Å²) in [4.78, 5) is 26.7. The van der Waals surface area contributed by atoms with Crippen molar-refractivity contribution < 1.29 is 9.59 Å². The van der Waals surface area contributed by atoms with E-state index in [1.165, 1.54) is 0 Å². The first-order valence-corrected chi connectivity index (χ1v) is 5.61. The highest BCUT2D eigenvalue weighted by molar-refractivity contribution is 6.35. The van der Waals surface area contributed by atoms with Gasteiger partial charge in [-0.2, -0.15) is 0 Å². The third kappa shape index (κ3) is 4.63. The minimum atomic E-state index is -0.609. The van der Waals surface area contributed by atoms with Gasteiger partial charge < -0.3 is 10.6 Å². The summed E-state index contributed by atoms with van der Waals surface area (Å²) < 4.78 is 0. The zero-order valence-corrected chi connectivity index (χ0v) is 10.1. The number of nitrogens with zero attached hydrogens (tertiary/aromatic N) is 1. The third-order valence-electron chi connectivity index (χ3n) is 2.40. The first-order valence-electron chi connectivity index (χ1n) is 5.61. The molecule has 0 bridgehead atoms. The Hall–Kier alpha value is -1.91. The zero-order chi connectivity index (χ0) is 12.7. The highest BCUT2D eigenvalue weighted by atomic mass is 16.2. The van der Waals surface area contributed by atoms with Gasteiger partial charge in [-0.25, -0.2) is 0 Å². The number of hydrogen-bond donors (Lipinski definition) is 2. The molecule has 0 aliphatic carbocycles. The molecular weight excluding hydrogens is 218 g/mol. The van der Waals surface area contributed by atoms with Crippen molar-refractivity contribution in [2.45, 2.75) is 32.9 Å². The van der Waals surface area contributed by atoms with Crippen LogP contribution in [0.1, 0.15) is 25.8 Å². The van der Waals surface area contributed by atoms with Gasteiger partial charge in [0.15, 0.2) is 0 Å². The molecular formula is C12H17N3O2. The van der Waals surface area contributed by atoms with Gasteiger partial charge in [0, 0.05) is 25.0 Å². The zero-order valence-electron chi connectivity index (χ0n) is 10.1. The normalized spacial score (nSPS) is 11.6. The summed E-state index contributed by atoms with van der Waals surface area (Å²) in [7, 11) is 0. The summed E-state index contributed by atoms with van der Waals surface area (Å²) in [5.74, 6) is -1.20. The summed E-state index contributed by atoms with van der Waals surface area (Å²) in [6.07, 6.45) is 4.07. The van der Waals surface area contributed by atoms with Gasteiger partial charge in [-0.1, -0.05) is 6.92 Å². The van der Waals surface area contributed by atoms with E-state index >= 15 is 0 Å². The number of carbonyl (C=O) groups is 2. The van der Waals surface area contributed by atoms with E-state index in [4.69, 9.17) is 0 Å². The van der Waals surface area contributed by atoms with Crippen LogP contribution in [-0.2, 0) is 16.1 Å². The Balaban J connectivity index is 2.37. The molecule has 0 fully saturated rings. The lowest BCUT2D eigenvalue weighted by Gasteiger charge is -2.11. The Morgan fingerprint density at radius 1 is 1.29 bits per heavy atom. The fraction of sp³-hybridized carbons (Fsp3) is 0.417. The largest absolute Gasteiger partial charge is 0.345 e. The molecule has 0 radical (unpaired) electrons. The molecule has 2 amide bonds. The second-order valence-electron chi connectivity index (χ2n) is 3.82. The van der Waals surface area contributed by atoms with Crippen molar-refractivity contribution in [3.8, 4) is 0 Å². The van der Waals surface area contributed by atoms with E-state index in [-0.39, 0.29) is 6.04 Å². The van der Waals surface area contributed by atoms with Crippen molar-refractivity contribution in [2.24, 2.45) is 0 Å². The summed E-state index contributed by atoms with van der Waals surface area (Å²) >= 11 is 0. The highest BCUT2D eigenvalue weighted by Gasteiger charge is 2.14. The summed E-state index contributed by atoms with van der Waals surface area (Å²) in [6, 6.07) is 3.58. The van der Waals surface area contributed by atoms with E-state index < -0.39 is 11.8 Å². The maximum atomic E-state index is 11.4. The molecule has 1 atom stereocenters. The Morgan fingerprint density at radius 3 is 2.53 bits per heavy atom. The van der Waals surface area contributed by atoms with Crippen LogP contribution in [0.4, 0.5) is 0 Å². The number of pyridine rings is 1. The molecule has 0 aliphatic heterocycles. The van der Waals surface area contributed by atoms with Gasteiger partial charge >= 0.3 is 11.8 Å². The molecule has 92 valence electrons. The van der Waals surface area contributed by atoms with E-state index in [1.807, 2.05) is 13.8 Å². The molecule has 1 aromatic rings. The minimum Gasteiger partial charge on any atom is -0.345 e. The van der Waals surface area contributed by atoms with Gasteiger partial charge in [0.05, 0.1) is 0 Å². The molecule has 1 aromatic heterocycles. The van der Waals surface area contributed by atoms with Crippen molar-refractivity contribution >= 4 is 11.8 Å². The van der Waals surface area contributed by atoms with Crippen molar-refractivity contribution in [3.63, 3.8) is 0 Å². The quantitative estimate of drug-likeness (QED) is 0.751. The number of aromatic nitrogens is 1. The molecule has 5 heteroatoms. The lowest BCUT2D eigenvalue weighted by atomic mass is 10.2. The van der Waals surface area contributed by atoms with Crippen LogP contribution in [0.5, 0.6) is 0 Å². The van der Waals surface area contributed by atoms with Crippen molar-refractivity contribution in [2.75, 3.05) is 0 Å². The van der Waals surface area contributed by atoms with E-state index in [9.17, 15) is 9.59 Å². The average molecular weight is 235 g/mol. The summed E-state index contributed by atoms with van der Waals surface area (Å²) in [5, 5.41) is 5.15. The molecule has 0 unspecified atom stereocenters. The Bertz CT molecular complexity index is 379. The standard InChI is InChI=1S/C12H17N3O2/c1-3-9(2)15-12(17)11(16)14-8-10-4-6-13-7-5-10/h4-7,9H,3,8H2,1-2H3,(H,14,16)(H,15,17)/t9-/m0/s1. The van der Waals surface area contributed by atoms with E-state index in [0.29, 0.717) is 6.54 Å².